The van der Waals surface area contributed by atoms with Gasteiger partial charge < -0.3 is 10.6 Å². The van der Waals surface area contributed by atoms with E-state index >= 15 is 0 Å². The van der Waals surface area contributed by atoms with Crippen molar-refractivity contribution in [1.29, 1.82) is 0 Å². The van der Waals surface area contributed by atoms with Crippen LogP contribution in [0.25, 0.3) is 0 Å². The molecule has 1 fully saturated rings. The van der Waals surface area contributed by atoms with Gasteiger partial charge >= 0.3 is 0 Å². The van der Waals surface area contributed by atoms with E-state index in [1.165, 1.54) is 38.8 Å². The van der Waals surface area contributed by atoms with Crippen molar-refractivity contribution in [2.24, 2.45) is 11.7 Å². The Balaban J connectivity index is 2.09. The van der Waals surface area contributed by atoms with Gasteiger partial charge in [-0.1, -0.05) is 26.7 Å². The second-order valence-electron chi connectivity index (χ2n) is 4.56. The predicted molar refractivity (Wildman–Crippen MR) is 57.7 cm³/mol. The van der Waals surface area contributed by atoms with Crippen molar-refractivity contribution in [1.82, 2.24) is 4.90 Å². The lowest BCUT2D eigenvalue weighted by molar-refractivity contribution is 0.297. The van der Waals surface area contributed by atoms with Crippen molar-refractivity contribution in [3.05, 3.63) is 0 Å². The van der Waals surface area contributed by atoms with Gasteiger partial charge in [0.1, 0.15) is 0 Å². The van der Waals surface area contributed by atoms with Gasteiger partial charge in [-0.3, -0.25) is 0 Å². The van der Waals surface area contributed by atoms with Crippen LogP contribution in [-0.4, -0.2) is 30.6 Å². The fourth-order valence-electron chi connectivity index (χ4n) is 2.08. The monoisotopic (exact) mass is 184 g/mol. The van der Waals surface area contributed by atoms with Crippen LogP contribution in [0.15, 0.2) is 0 Å². The molecule has 1 aliphatic heterocycles. The molecule has 1 saturated heterocycles. The summed E-state index contributed by atoms with van der Waals surface area (Å²) in [4.78, 5) is 2.52. The summed E-state index contributed by atoms with van der Waals surface area (Å²) >= 11 is 0. The fourth-order valence-corrected chi connectivity index (χ4v) is 2.08. The molecule has 0 spiro atoms. The number of likely N-dealkylation sites (tertiary alicyclic amines) is 1. The van der Waals surface area contributed by atoms with Crippen molar-refractivity contribution in [2.45, 2.75) is 45.6 Å². The highest BCUT2D eigenvalue weighted by atomic mass is 15.2. The zero-order valence-corrected chi connectivity index (χ0v) is 9.13. The summed E-state index contributed by atoms with van der Waals surface area (Å²) in [6.45, 7) is 8.20. The van der Waals surface area contributed by atoms with Crippen molar-refractivity contribution in [3.63, 3.8) is 0 Å². The molecule has 0 aromatic carbocycles. The highest BCUT2D eigenvalue weighted by molar-refractivity contribution is 4.76. The van der Waals surface area contributed by atoms with Gasteiger partial charge in [-0.05, 0) is 25.3 Å². The van der Waals surface area contributed by atoms with Crippen LogP contribution in [0.3, 0.4) is 0 Å². The summed E-state index contributed by atoms with van der Waals surface area (Å²) in [6.07, 6.45) is 5.11. The molecule has 0 radical (unpaired) electrons. The zero-order chi connectivity index (χ0) is 9.68. The minimum Gasteiger partial charge on any atom is -0.327 e. The van der Waals surface area contributed by atoms with Gasteiger partial charge in [0.2, 0.25) is 0 Å². The molecule has 0 bridgehead atoms. The van der Waals surface area contributed by atoms with Gasteiger partial charge in [0.25, 0.3) is 0 Å². The molecule has 2 heteroatoms. The summed E-state index contributed by atoms with van der Waals surface area (Å²) in [6, 6.07) is 0.408. The van der Waals surface area contributed by atoms with Crippen LogP contribution in [0.4, 0.5) is 0 Å². The summed E-state index contributed by atoms with van der Waals surface area (Å²) in [5, 5.41) is 0. The van der Waals surface area contributed by atoms with Crippen LogP contribution in [0.2, 0.25) is 0 Å². The van der Waals surface area contributed by atoms with E-state index in [-0.39, 0.29) is 0 Å². The standard InChI is InChI=1S/C11H24N2/c1-3-4-5-11(12)9-13-7-6-10(2)8-13/h10-11H,3-9,12H2,1-2H3. The Morgan fingerprint density at radius 1 is 1.54 bits per heavy atom. The van der Waals surface area contributed by atoms with Crippen LogP contribution in [0, 0.1) is 5.92 Å². The number of hydrogen-bond acceptors (Lipinski definition) is 2. The lowest BCUT2D eigenvalue weighted by Crippen LogP contribution is -2.36. The Hall–Kier alpha value is -0.0800. The maximum Gasteiger partial charge on any atom is 0.0167 e. The largest absolute Gasteiger partial charge is 0.327 e. The average molecular weight is 184 g/mol. The van der Waals surface area contributed by atoms with Gasteiger partial charge in [0.15, 0.2) is 0 Å². The lowest BCUT2D eigenvalue weighted by atomic mass is 10.1. The Morgan fingerprint density at radius 2 is 2.31 bits per heavy atom. The highest BCUT2D eigenvalue weighted by Crippen LogP contribution is 2.15. The minimum absolute atomic E-state index is 0.408. The SMILES string of the molecule is CCCCC(N)CN1CCC(C)C1. The van der Waals surface area contributed by atoms with Crippen LogP contribution >= 0.6 is 0 Å². The maximum atomic E-state index is 6.04. The van der Waals surface area contributed by atoms with Crippen LogP contribution in [0.5, 0.6) is 0 Å². The highest BCUT2D eigenvalue weighted by Gasteiger charge is 2.19. The molecular weight excluding hydrogens is 160 g/mol. The molecular formula is C11H24N2. The molecule has 13 heavy (non-hydrogen) atoms. The first-order chi connectivity index (χ1) is 6.22. The number of nitrogens with zero attached hydrogens (tertiary/aromatic N) is 1. The second kappa shape index (κ2) is 5.61. The molecule has 0 saturated carbocycles. The quantitative estimate of drug-likeness (QED) is 0.706. The Bertz CT molecular complexity index is 136. The van der Waals surface area contributed by atoms with E-state index in [1.807, 2.05) is 0 Å². The minimum atomic E-state index is 0.408. The van der Waals surface area contributed by atoms with E-state index < -0.39 is 0 Å². The van der Waals surface area contributed by atoms with Crippen molar-refractivity contribution >= 4 is 0 Å². The van der Waals surface area contributed by atoms with Gasteiger partial charge in [0.05, 0.1) is 0 Å². The van der Waals surface area contributed by atoms with E-state index in [0.717, 1.165) is 12.5 Å². The second-order valence-corrected chi connectivity index (χ2v) is 4.56. The molecule has 2 nitrogen and oxygen atoms in total. The van der Waals surface area contributed by atoms with E-state index in [9.17, 15) is 0 Å². The van der Waals surface area contributed by atoms with Gasteiger partial charge in [-0.2, -0.15) is 0 Å². The van der Waals surface area contributed by atoms with Gasteiger partial charge in [-0.25, -0.2) is 0 Å². The van der Waals surface area contributed by atoms with Crippen molar-refractivity contribution in [2.75, 3.05) is 19.6 Å². The summed E-state index contributed by atoms with van der Waals surface area (Å²) in [5.74, 6) is 0.887. The van der Waals surface area contributed by atoms with E-state index in [1.54, 1.807) is 0 Å². The lowest BCUT2D eigenvalue weighted by Gasteiger charge is -2.20. The molecule has 78 valence electrons. The number of nitrogens with two attached hydrogens (primary N) is 1. The maximum absolute atomic E-state index is 6.04. The molecule has 2 unspecified atom stereocenters. The molecule has 0 amide bonds. The molecule has 0 aromatic rings. The van der Waals surface area contributed by atoms with Crippen LogP contribution < -0.4 is 5.73 Å². The molecule has 2 N–H and O–H groups in total. The Labute approximate surface area is 82.5 Å². The normalized spacial score (nSPS) is 26.5. The zero-order valence-electron chi connectivity index (χ0n) is 9.13. The first-order valence-corrected chi connectivity index (χ1v) is 5.70. The summed E-state index contributed by atoms with van der Waals surface area (Å²) in [7, 11) is 0. The number of rotatable bonds is 5. The van der Waals surface area contributed by atoms with E-state index in [0.29, 0.717) is 6.04 Å². The summed E-state index contributed by atoms with van der Waals surface area (Å²) < 4.78 is 0. The average Bonchev–Trinajstić information content (AvgIpc) is 2.48. The molecule has 1 aliphatic rings. The smallest absolute Gasteiger partial charge is 0.0167 e. The topological polar surface area (TPSA) is 29.3 Å². The molecule has 0 aromatic heterocycles. The van der Waals surface area contributed by atoms with E-state index in [2.05, 4.69) is 18.7 Å². The third-order valence-corrected chi connectivity index (χ3v) is 2.93. The number of unbranched alkanes of at least 4 members (excludes halogenated alkanes) is 1. The molecule has 1 heterocycles. The van der Waals surface area contributed by atoms with Gasteiger partial charge in [-0.15, -0.1) is 0 Å². The Kier molecular flexibility index (Phi) is 4.74. The van der Waals surface area contributed by atoms with Crippen LogP contribution in [0.1, 0.15) is 39.5 Å². The third kappa shape index (κ3) is 4.10. The van der Waals surface area contributed by atoms with Crippen LogP contribution in [-0.2, 0) is 0 Å². The third-order valence-electron chi connectivity index (χ3n) is 2.93. The van der Waals surface area contributed by atoms with E-state index in [4.69, 9.17) is 5.73 Å². The summed E-state index contributed by atoms with van der Waals surface area (Å²) in [5.41, 5.74) is 6.04. The first kappa shape index (κ1) is 11.0. The van der Waals surface area contributed by atoms with Crippen molar-refractivity contribution < 1.29 is 0 Å². The van der Waals surface area contributed by atoms with Crippen molar-refractivity contribution in [3.8, 4) is 0 Å². The fraction of sp³-hybridized carbons (Fsp3) is 1.00. The Morgan fingerprint density at radius 3 is 2.85 bits per heavy atom. The molecule has 2 atom stereocenters. The predicted octanol–water partition coefficient (Wildman–Crippen LogP) is 1.85. The van der Waals surface area contributed by atoms with Gasteiger partial charge in [0, 0.05) is 19.1 Å². The molecule has 0 aliphatic carbocycles. The number of hydrogen-bond donors (Lipinski definition) is 1. The molecule has 1 rings (SSSR count). The first-order valence-electron chi connectivity index (χ1n) is 5.70.